The van der Waals surface area contributed by atoms with E-state index in [1.807, 2.05) is 18.4 Å². The van der Waals surface area contributed by atoms with E-state index in [1.54, 1.807) is 18.3 Å². The number of aryl methyl sites for hydroxylation is 2. The van der Waals surface area contributed by atoms with Gasteiger partial charge in [0.2, 0.25) is 5.43 Å². The summed E-state index contributed by atoms with van der Waals surface area (Å²) in [5.74, 6) is -0.760. The van der Waals surface area contributed by atoms with E-state index in [0.717, 1.165) is 17.7 Å². The number of hydrogen-bond acceptors (Lipinski definition) is 5. The third kappa shape index (κ3) is 3.26. The van der Waals surface area contributed by atoms with Gasteiger partial charge in [-0.25, -0.2) is 4.98 Å². The van der Waals surface area contributed by atoms with Crippen molar-refractivity contribution in [2.24, 2.45) is 10.2 Å². The average Bonchev–Trinajstić information content (AvgIpc) is 2.67. The van der Waals surface area contributed by atoms with Crippen molar-refractivity contribution in [3.05, 3.63) is 51.5 Å². The largest absolute Gasteiger partial charge is 0.349 e. The molecule has 2 aromatic heterocycles. The minimum absolute atomic E-state index is 0.0712. The maximum Gasteiger partial charge on any atom is 0.287 e. The number of amides is 2. The summed E-state index contributed by atoms with van der Waals surface area (Å²) in [5, 5.41) is 11.0. The fourth-order valence-electron chi connectivity index (χ4n) is 3.82. The lowest BCUT2D eigenvalue weighted by Crippen LogP contribution is -2.41. The molecule has 2 aliphatic rings. The molecular formula is C20H21N5O3. The van der Waals surface area contributed by atoms with Crippen LogP contribution in [0.3, 0.4) is 0 Å². The fourth-order valence-corrected chi connectivity index (χ4v) is 3.82. The minimum Gasteiger partial charge on any atom is -0.349 e. The molecule has 1 fully saturated rings. The first kappa shape index (κ1) is 18.2. The van der Waals surface area contributed by atoms with E-state index in [2.05, 4.69) is 20.5 Å². The molecule has 0 aromatic carbocycles. The number of pyridine rings is 2. The molecule has 1 aliphatic carbocycles. The molecule has 144 valence electrons. The Morgan fingerprint density at radius 2 is 2.11 bits per heavy atom. The first-order valence-corrected chi connectivity index (χ1v) is 9.43. The smallest absolute Gasteiger partial charge is 0.287 e. The Hall–Kier alpha value is -3.16. The predicted octanol–water partition coefficient (Wildman–Crippen LogP) is 2.29. The van der Waals surface area contributed by atoms with Gasteiger partial charge in [0.1, 0.15) is 11.2 Å². The van der Waals surface area contributed by atoms with Gasteiger partial charge in [-0.15, -0.1) is 5.11 Å². The van der Waals surface area contributed by atoms with Crippen LogP contribution in [-0.2, 0) is 11.3 Å². The molecule has 2 aromatic rings. The summed E-state index contributed by atoms with van der Waals surface area (Å²) in [5.41, 5.74) is 2.08. The molecule has 8 heteroatoms. The molecule has 4 rings (SSSR count). The van der Waals surface area contributed by atoms with Gasteiger partial charge in [-0.1, -0.05) is 0 Å². The number of fused-ring (bicyclic) bond motifs is 2. The highest BCUT2D eigenvalue weighted by Crippen LogP contribution is 2.29. The number of carbonyl (C=O) groups is 2. The van der Waals surface area contributed by atoms with E-state index in [9.17, 15) is 14.4 Å². The molecule has 1 N–H and O–H groups in total. The van der Waals surface area contributed by atoms with Gasteiger partial charge in [-0.3, -0.25) is 14.4 Å². The van der Waals surface area contributed by atoms with E-state index in [4.69, 9.17) is 0 Å². The quantitative estimate of drug-likeness (QED) is 0.883. The number of aromatic nitrogens is 2. The van der Waals surface area contributed by atoms with Crippen LogP contribution in [0.5, 0.6) is 0 Å². The number of azo groups is 1. The van der Waals surface area contributed by atoms with Crippen LogP contribution in [0.25, 0.3) is 11.0 Å². The van der Waals surface area contributed by atoms with E-state index >= 15 is 0 Å². The summed E-state index contributed by atoms with van der Waals surface area (Å²) < 4.78 is 1.82. The van der Waals surface area contributed by atoms with E-state index < -0.39 is 5.91 Å². The second-order valence-electron chi connectivity index (χ2n) is 7.22. The summed E-state index contributed by atoms with van der Waals surface area (Å²) in [6.07, 6.45) is 5.06. The maximum atomic E-state index is 12.9. The molecule has 0 saturated heterocycles. The molecule has 8 nitrogen and oxygen atoms in total. The summed E-state index contributed by atoms with van der Waals surface area (Å²) in [6.45, 7) is 4.40. The van der Waals surface area contributed by atoms with Gasteiger partial charge in [-0.05, 0) is 50.8 Å². The Kier molecular flexibility index (Phi) is 4.62. The minimum atomic E-state index is -0.400. The van der Waals surface area contributed by atoms with Crippen LogP contribution >= 0.6 is 0 Å². The first-order valence-electron chi connectivity index (χ1n) is 9.43. The van der Waals surface area contributed by atoms with Crippen LogP contribution in [0.2, 0.25) is 0 Å². The van der Waals surface area contributed by atoms with Crippen molar-refractivity contribution in [2.45, 2.75) is 51.7 Å². The van der Waals surface area contributed by atoms with Gasteiger partial charge >= 0.3 is 0 Å². The zero-order chi connectivity index (χ0) is 19.8. The number of nitrogens with one attached hydrogen (secondary N) is 1. The van der Waals surface area contributed by atoms with E-state index in [1.165, 1.54) is 6.08 Å². The standard InChI is InChI=1S/C20H21N5O3/c1-3-25-10-15(18(27)14-6-4-11(2)21-19(14)25)20(28)22-13-5-7-16-12(8-13)9-17(26)24-23-16/h4,6,9-10,13,16H,3,5,7-8H2,1-2H3,(H,22,28). The van der Waals surface area contributed by atoms with Crippen molar-refractivity contribution in [2.75, 3.05) is 0 Å². The van der Waals surface area contributed by atoms with Crippen LogP contribution in [-0.4, -0.2) is 33.4 Å². The maximum absolute atomic E-state index is 12.9. The van der Waals surface area contributed by atoms with Crippen molar-refractivity contribution < 1.29 is 9.59 Å². The van der Waals surface area contributed by atoms with Crippen LogP contribution in [0, 0.1) is 6.92 Å². The van der Waals surface area contributed by atoms with Crippen molar-refractivity contribution in [1.29, 1.82) is 0 Å². The summed E-state index contributed by atoms with van der Waals surface area (Å²) in [6, 6.07) is 3.28. The lowest BCUT2D eigenvalue weighted by Gasteiger charge is -2.30. The zero-order valence-corrected chi connectivity index (χ0v) is 15.8. The lowest BCUT2D eigenvalue weighted by molar-refractivity contribution is -0.114. The van der Waals surface area contributed by atoms with Crippen LogP contribution < -0.4 is 10.7 Å². The molecule has 0 spiro atoms. The topological polar surface area (TPSA) is 106 Å². The summed E-state index contributed by atoms with van der Waals surface area (Å²) >= 11 is 0. The normalized spacial score (nSPS) is 21.4. The first-order chi connectivity index (χ1) is 13.5. The Morgan fingerprint density at radius 1 is 1.29 bits per heavy atom. The molecule has 28 heavy (non-hydrogen) atoms. The van der Waals surface area contributed by atoms with Crippen LogP contribution in [0.15, 0.2) is 45.0 Å². The molecule has 2 amide bonds. The van der Waals surface area contributed by atoms with Gasteiger partial charge in [-0.2, -0.15) is 5.11 Å². The molecule has 2 unspecified atom stereocenters. The molecule has 1 aliphatic heterocycles. The summed E-state index contributed by atoms with van der Waals surface area (Å²) in [7, 11) is 0. The Bertz CT molecular complexity index is 1100. The Morgan fingerprint density at radius 3 is 2.89 bits per heavy atom. The molecule has 0 bridgehead atoms. The molecular weight excluding hydrogens is 358 g/mol. The highest BCUT2D eigenvalue weighted by molar-refractivity contribution is 5.97. The van der Waals surface area contributed by atoms with Gasteiger partial charge in [0.05, 0.1) is 11.4 Å². The second-order valence-corrected chi connectivity index (χ2v) is 7.22. The monoisotopic (exact) mass is 379 g/mol. The van der Waals surface area contributed by atoms with Gasteiger partial charge in [0.15, 0.2) is 0 Å². The average molecular weight is 379 g/mol. The number of hydrogen-bond donors (Lipinski definition) is 1. The second kappa shape index (κ2) is 7.10. The van der Waals surface area contributed by atoms with Crippen LogP contribution in [0.1, 0.15) is 42.2 Å². The third-order valence-electron chi connectivity index (χ3n) is 5.28. The van der Waals surface area contributed by atoms with Gasteiger partial charge < -0.3 is 9.88 Å². The van der Waals surface area contributed by atoms with Crippen molar-refractivity contribution >= 4 is 22.8 Å². The lowest BCUT2D eigenvalue weighted by atomic mass is 9.86. The van der Waals surface area contributed by atoms with Crippen LogP contribution in [0.4, 0.5) is 0 Å². The Balaban J connectivity index is 1.61. The van der Waals surface area contributed by atoms with Crippen molar-refractivity contribution in [3.8, 4) is 0 Å². The Labute approximate surface area is 161 Å². The summed E-state index contributed by atoms with van der Waals surface area (Å²) in [4.78, 5) is 41.6. The van der Waals surface area contributed by atoms with Crippen molar-refractivity contribution in [3.63, 3.8) is 0 Å². The molecule has 0 radical (unpaired) electrons. The fraction of sp³-hybridized carbons (Fsp3) is 0.400. The molecule has 3 heterocycles. The molecule has 1 saturated carbocycles. The van der Waals surface area contributed by atoms with E-state index in [0.29, 0.717) is 30.4 Å². The number of nitrogens with zero attached hydrogens (tertiary/aromatic N) is 4. The van der Waals surface area contributed by atoms with Gasteiger partial charge in [0, 0.05) is 30.6 Å². The van der Waals surface area contributed by atoms with Gasteiger partial charge in [0.25, 0.3) is 11.8 Å². The third-order valence-corrected chi connectivity index (χ3v) is 5.28. The number of carbonyl (C=O) groups excluding carboxylic acids is 2. The SMILES string of the molecule is CCn1cc(C(=O)NC2CCC3N=NC(=O)C=C3C2)c(=O)c2ccc(C)nc21. The number of rotatable bonds is 3. The van der Waals surface area contributed by atoms with E-state index in [-0.39, 0.29) is 29.0 Å². The highest BCUT2D eigenvalue weighted by Gasteiger charge is 2.30. The highest BCUT2D eigenvalue weighted by atomic mass is 16.2. The molecule has 2 atom stereocenters. The zero-order valence-electron chi connectivity index (χ0n) is 15.8. The predicted molar refractivity (Wildman–Crippen MR) is 103 cm³/mol. The van der Waals surface area contributed by atoms with Crippen molar-refractivity contribution in [1.82, 2.24) is 14.9 Å².